The fourth-order valence-electron chi connectivity index (χ4n) is 3.55. The van der Waals surface area contributed by atoms with Crippen LogP contribution in [0.1, 0.15) is 37.7 Å². The standard InChI is InChI=1S/C19H27N3O2.ClH/c1-14-4-7-16(8-5-14)22-12-2-3-17(19(22)24)21-18(23)9-6-15-10-11-20-13-15;/h4-5,7-8,15,17,20H,2-3,6,9-13H2,1H3,(H,21,23);1H. The number of rotatable bonds is 5. The largest absolute Gasteiger partial charge is 0.344 e. The number of hydrogen-bond donors (Lipinski definition) is 2. The van der Waals surface area contributed by atoms with Gasteiger partial charge in [-0.25, -0.2) is 0 Å². The van der Waals surface area contributed by atoms with Crippen molar-refractivity contribution in [3.63, 3.8) is 0 Å². The quantitative estimate of drug-likeness (QED) is 0.842. The highest BCUT2D eigenvalue weighted by Crippen LogP contribution is 2.22. The van der Waals surface area contributed by atoms with Crippen LogP contribution in [-0.4, -0.2) is 37.5 Å². The van der Waals surface area contributed by atoms with Gasteiger partial charge in [-0.1, -0.05) is 17.7 Å². The van der Waals surface area contributed by atoms with E-state index < -0.39 is 0 Å². The van der Waals surface area contributed by atoms with Crippen LogP contribution in [0.15, 0.2) is 24.3 Å². The number of aryl methyl sites for hydroxylation is 1. The van der Waals surface area contributed by atoms with E-state index in [2.05, 4.69) is 10.6 Å². The monoisotopic (exact) mass is 365 g/mol. The third kappa shape index (κ3) is 5.19. The van der Waals surface area contributed by atoms with Gasteiger partial charge in [0, 0.05) is 18.7 Å². The van der Waals surface area contributed by atoms with E-state index in [9.17, 15) is 9.59 Å². The predicted molar refractivity (Wildman–Crippen MR) is 102 cm³/mol. The van der Waals surface area contributed by atoms with Crippen LogP contribution < -0.4 is 15.5 Å². The second-order valence-corrected chi connectivity index (χ2v) is 6.99. The number of piperidine rings is 1. The van der Waals surface area contributed by atoms with E-state index in [1.807, 2.05) is 31.2 Å². The molecule has 2 saturated heterocycles. The Bertz CT molecular complexity index is 585. The van der Waals surface area contributed by atoms with Crippen LogP contribution in [0, 0.1) is 12.8 Å². The first-order chi connectivity index (χ1) is 11.6. The van der Waals surface area contributed by atoms with Gasteiger partial charge in [0.2, 0.25) is 11.8 Å². The SMILES string of the molecule is Cc1ccc(N2CCCC(NC(=O)CCC3CCNC3)C2=O)cc1.Cl. The smallest absolute Gasteiger partial charge is 0.249 e. The zero-order valence-corrected chi connectivity index (χ0v) is 15.6. The van der Waals surface area contributed by atoms with Gasteiger partial charge in [0.05, 0.1) is 0 Å². The summed E-state index contributed by atoms with van der Waals surface area (Å²) < 4.78 is 0. The fourth-order valence-corrected chi connectivity index (χ4v) is 3.55. The Morgan fingerprint density at radius 3 is 2.72 bits per heavy atom. The van der Waals surface area contributed by atoms with Crippen molar-refractivity contribution in [3.8, 4) is 0 Å². The maximum Gasteiger partial charge on any atom is 0.249 e. The Morgan fingerprint density at radius 1 is 1.28 bits per heavy atom. The van der Waals surface area contributed by atoms with Gasteiger partial charge in [-0.15, -0.1) is 12.4 Å². The van der Waals surface area contributed by atoms with E-state index >= 15 is 0 Å². The predicted octanol–water partition coefficient (Wildman–Crippen LogP) is 2.42. The average Bonchev–Trinajstić information content (AvgIpc) is 3.09. The van der Waals surface area contributed by atoms with Crippen LogP contribution in [-0.2, 0) is 9.59 Å². The zero-order chi connectivity index (χ0) is 16.9. The molecule has 0 radical (unpaired) electrons. The number of carbonyl (C=O) groups is 2. The van der Waals surface area contributed by atoms with E-state index in [-0.39, 0.29) is 30.3 Å². The number of anilines is 1. The molecule has 138 valence electrons. The summed E-state index contributed by atoms with van der Waals surface area (Å²) in [6.45, 7) is 4.82. The van der Waals surface area contributed by atoms with Gasteiger partial charge in [0.25, 0.3) is 0 Å². The summed E-state index contributed by atoms with van der Waals surface area (Å²) >= 11 is 0. The molecule has 25 heavy (non-hydrogen) atoms. The highest BCUT2D eigenvalue weighted by molar-refractivity contribution is 5.99. The summed E-state index contributed by atoms with van der Waals surface area (Å²) in [5.74, 6) is 0.619. The van der Waals surface area contributed by atoms with Crippen molar-refractivity contribution in [1.29, 1.82) is 0 Å². The lowest BCUT2D eigenvalue weighted by Crippen LogP contribution is -2.52. The van der Waals surface area contributed by atoms with Crippen LogP contribution in [0.2, 0.25) is 0 Å². The van der Waals surface area contributed by atoms with Gasteiger partial charge >= 0.3 is 0 Å². The van der Waals surface area contributed by atoms with Crippen molar-refractivity contribution < 1.29 is 9.59 Å². The zero-order valence-electron chi connectivity index (χ0n) is 14.8. The second kappa shape index (κ2) is 9.20. The van der Waals surface area contributed by atoms with E-state index in [0.29, 0.717) is 12.3 Å². The first-order valence-electron chi connectivity index (χ1n) is 9.01. The molecule has 0 bridgehead atoms. The van der Waals surface area contributed by atoms with E-state index in [4.69, 9.17) is 0 Å². The van der Waals surface area contributed by atoms with Gasteiger partial charge < -0.3 is 15.5 Å². The lowest BCUT2D eigenvalue weighted by molar-refractivity contribution is -0.128. The molecule has 2 heterocycles. The van der Waals surface area contributed by atoms with E-state index in [0.717, 1.165) is 51.0 Å². The van der Waals surface area contributed by atoms with Crippen LogP contribution in [0.25, 0.3) is 0 Å². The Kier molecular flexibility index (Phi) is 7.26. The minimum absolute atomic E-state index is 0. The Balaban J connectivity index is 0.00000225. The molecule has 2 amide bonds. The van der Waals surface area contributed by atoms with Gasteiger partial charge in [0.15, 0.2) is 0 Å². The molecule has 2 atom stereocenters. The molecule has 1 aromatic rings. The fraction of sp³-hybridized carbons (Fsp3) is 0.579. The Labute approximate surface area is 155 Å². The number of halogens is 1. The van der Waals surface area contributed by atoms with Gasteiger partial charge in [0.1, 0.15) is 6.04 Å². The van der Waals surface area contributed by atoms with Crippen molar-refractivity contribution in [3.05, 3.63) is 29.8 Å². The maximum atomic E-state index is 12.7. The van der Waals surface area contributed by atoms with Crippen molar-refractivity contribution in [2.75, 3.05) is 24.5 Å². The Hall–Kier alpha value is -1.59. The molecule has 0 aromatic heterocycles. The normalized spacial score (nSPS) is 23.2. The number of nitrogens with one attached hydrogen (secondary N) is 2. The van der Waals surface area contributed by atoms with E-state index in [1.165, 1.54) is 5.56 Å². The average molecular weight is 366 g/mol. The summed E-state index contributed by atoms with van der Waals surface area (Å²) in [5.41, 5.74) is 2.09. The molecule has 0 saturated carbocycles. The number of benzene rings is 1. The van der Waals surface area contributed by atoms with E-state index in [1.54, 1.807) is 4.90 Å². The number of nitrogens with zero attached hydrogens (tertiary/aromatic N) is 1. The minimum atomic E-state index is -0.380. The van der Waals surface area contributed by atoms with Crippen LogP contribution in [0.3, 0.4) is 0 Å². The molecule has 2 aliphatic rings. The molecule has 1 aromatic carbocycles. The number of hydrogen-bond acceptors (Lipinski definition) is 3. The third-order valence-corrected chi connectivity index (χ3v) is 5.06. The first kappa shape index (κ1) is 19.7. The lowest BCUT2D eigenvalue weighted by Gasteiger charge is -2.32. The molecule has 2 N–H and O–H groups in total. The number of carbonyl (C=O) groups excluding carboxylic acids is 2. The molecule has 5 nitrogen and oxygen atoms in total. The molecular formula is C19H28ClN3O2. The summed E-state index contributed by atoms with van der Waals surface area (Å²) in [7, 11) is 0. The molecule has 6 heteroatoms. The number of amides is 2. The molecule has 0 aliphatic carbocycles. The van der Waals surface area contributed by atoms with Crippen LogP contribution in [0.4, 0.5) is 5.69 Å². The third-order valence-electron chi connectivity index (χ3n) is 5.06. The summed E-state index contributed by atoms with van der Waals surface area (Å²) in [4.78, 5) is 26.7. The second-order valence-electron chi connectivity index (χ2n) is 6.99. The highest BCUT2D eigenvalue weighted by atomic mass is 35.5. The summed E-state index contributed by atoms with van der Waals surface area (Å²) in [6.07, 6.45) is 4.22. The topological polar surface area (TPSA) is 61.4 Å². The van der Waals surface area contributed by atoms with Crippen molar-refractivity contribution in [2.45, 2.75) is 45.1 Å². The van der Waals surface area contributed by atoms with Crippen molar-refractivity contribution in [2.24, 2.45) is 5.92 Å². The van der Waals surface area contributed by atoms with Gasteiger partial charge in [-0.05, 0) is 63.7 Å². The summed E-state index contributed by atoms with van der Waals surface area (Å²) in [5, 5.41) is 6.27. The van der Waals surface area contributed by atoms with Crippen molar-refractivity contribution in [1.82, 2.24) is 10.6 Å². The van der Waals surface area contributed by atoms with Crippen LogP contribution >= 0.6 is 12.4 Å². The van der Waals surface area contributed by atoms with Gasteiger partial charge in [-0.2, -0.15) is 0 Å². The molecule has 2 unspecified atom stereocenters. The van der Waals surface area contributed by atoms with Crippen molar-refractivity contribution >= 4 is 29.9 Å². The molecule has 2 fully saturated rings. The minimum Gasteiger partial charge on any atom is -0.344 e. The molecule has 3 rings (SSSR count). The molecular weight excluding hydrogens is 338 g/mol. The first-order valence-corrected chi connectivity index (χ1v) is 9.01. The highest BCUT2D eigenvalue weighted by Gasteiger charge is 2.30. The van der Waals surface area contributed by atoms with Crippen LogP contribution in [0.5, 0.6) is 0 Å². The Morgan fingerprint density at radius 2 is 2.04 bits per heavy atom. The molecule has 0 spiro atoms. The maximum absolute atomic E-state index is 12.7. The summed E-state index contributed by atoms with van der Waals surface area (Å²) in [6, 6.07) is 7.60. The molecule has 2 aliphatic heterocycles. The lowest BCUT2D eigenvalue weighted by atomic mass is 10.0. The van der Waals surface area contributed by atoms with Gasteiger partial charge in [-0.3, -0.25) is 9.59 Å².